The molecule has 0 aromatic heterocycles. The fourth-order valence-corrected chi connectivity index (χ4v) is 3.06. The Bertz CT molecular complexity index is 1040. The fraction of sp³-hybridized carbons (Fsp3) is 0.0833. The van der Waals surface area contributed by atoms with Crippen molar-refractivity contribution in [1.82, 2.24) is 5.32 Å². The van der Waals surface area contributed by atoms with Crippen molar-refractivity contribution in [3.05, 3.63) is 106 Å². The second kappa shape index (κ2) is 10.3. The summed E-state index contributed by atoms with van der Waals surface area (Å²) in [6.45, 7) is 0.750. The highest BCUT2D eigenvalue weighted by Crippen LogP contribution is 2.26. The number of amides is 1. The van der Waals surface area contributed by atoms with Crippen LogP contribution in [0.5, 0.6) is 5.75 Å². The zero-order chi connectivity index (χ0) is 20.5. The first-order valence-electron chi connectivity index (χ1n) is 9.06. The first kappa shape index (κ1) is 20.4. The Labute approximate surface area is 178 Å². The van der Waals surface area contributed by atoms with Gasteiger partial charge < -0.3 is 10.1 Å². The van der Waals surface area contributed by atoms with Crippen LogP contribution in [0, 0.1) is 11.3 Å². The van der Waals surface area contributed by atoms with Gasteiger partial charge in [0.25, 0.3) is 5.91 Å². The number of carbonyl (C=O) groups excluding carboxylic acids is 1. The van der Waals surface area contributed by atoms with Gasteiger partial charge in [0, 0.05) is 16.6 Å². The second-order valence-electron chi connectivity index (χ2n) is 6.29. The molecule has 0 aliphatic heterocycles. The van der Waals surface area contributed by atoms with Crippen molar-refractivity contribution >= 4 is 27.9 Å². The van der Waals surface area contributed by atoms with Crippen LogP contribution in [0.25, 0.3) is 6.08 Å². The van der Waals surface area contributed by atoms with Gasteiger partial charge in [0.15, 0.2) is 0 Å². The lowest BCUT2D eigenvalue weighted by Crippen LogP contribution is -2.23. The van der Waals surface area contributed by atoms with Crippen LogP contribution in [0.2, 0.25) is 0 Å². The van der Waals surface area contributed by atoms with E-state index in [1.54, 1.807) is 6.08 Å². The number of hydrogen-bond donors (Lipinski definition) is 1. The molecule has 3 rings (SSSR count). The van der Waals surface area contributed by atoms with Crippen LogP contribution in [0.1, 0.15) is 16.7 Å². The standard InChI is InChI=1S/C24H19BrN2O2/c25-22-11-12-23(29-17-19-9-5-2-6-10-19)20(14-22)13-21(15-26)24(28)27-16-18-7-3-1-4-8-18/h1-14H,16-17H2,(H,27,28)/b21-13+. The van der Waals surface area contributed by atoms with Gasteiger partial charge in [-0.05, 0) is 35.4 Å². The molecule has 3 aromatic carbocycles. The first-order valence-corrected chi connectivity index (χ1v) is 9.85. The Morgan fingerprint density at radius 2 is 1.66 bits per heavy atom. The lowest BCUT2D eigenvalue weighted by molar-refractivity contribution is -0.117. The van der Waals surface area contributed by atoms with E-state index in [1.165, 1.54) is 0 Å². The van der Waals surface area contributed by atoms with E-state index in [-0.39, 0.29) is 5.57 Å². The van der Waals surface area contributed by atoms with Gasteiger partial charge in [-0.3, -0.25) is 4.79 Å². The summed E-state index contributed by atoms with van der Waals surface area (Å²) in [5.41, 5.74) is 2.67. The SMILES string of the molecule is N#C/C(=C\c1cc(Br)ccc1OCc1ccccc1)C(=O)NCc1ccccc1. The van der Waals surface area contributed by atoms with Gasteiger partial charge in [-0.25, -0.2) is 0 Å². The smallest absolute Gasteiger partial charge is 0.262 e. The molecule has 5 heteroatoms. The molecule has 0 heterocycles. The molecule has 0 saturated heterocycles. The van der Waals surface area contributed by atoms with E-state index in [1.807, 2.05) is 84.9 Å². The topological polar surface area (TPSA) is 62.1 Å². The maximum atomic E-state index is 12.5. The van der Waals surface area contributed by atoms with Crippen molar-refractivity contribution in [3.63, 3.8) is 0 Å². The molecule has 0 fully saturated rings. The predicted octanol–water partition coefficient (Wildman–Crippen LogP) is 5.25. The molecule has 1 N–H and O–H groups in total. The molecule has 0 bridgehead atoms. The molecule has 0 aliphatic rings. The molecule has 1 amide bonds. The number of benzene rings is 3. The number of halogens is 1. The summed E-state index contributed by atoms with van der Waals surface area (Å²) in [6, 6.07) is 26.8. The van der Waals surface area contributed by atoms with Crippen molar-refractivity contribution in [2.24, 2.45) is 0 Å². The van der Waals surface area contributed by atoms with Crippen LogP contribution in [-0.4, -0.2) is 5.91 Å². The largest absolute Gasteiger partial charge is 0.488 e. The molecule has 144 valence electrons. The van der Waals surface area contributed by atoms with Gasteiger partial charge in [0.2, 0.25) is 0 Å². The maximum Gasteiger partial charge on any atom is 0.262 e. The molecule has 4 nitrogen and oxygen atoms in total. The minimum Gasteiger partial charge on any atom is -0.488 e. The lowest BCUT2D eigenvalue weighted by atomic mass is 10.1. The molecule has 0 spiro atoms. The van der Waals surface area contributed by atoms with Gasteiger partial charge in [-0.1, -0.05) is 76.6 Å². The third-order valence-corrected chi connectivity index (χ3v) is 4.66. The predicted molar refractivity (Wildman–Crippen MR) is 117 cm³/mol. The van der Waals surface area contributed by atoms with Crippen LogP contribution in [0.4, 0.5) is 0 Å². The quantitative estimate of drug-likeness (QED) is 0.398. The van der Waals surface area contributed by atoms with Crippen LogP contribution in [-0.2, 0) is 17.9 Å². The average Bonchev–Trinajstić information content (AvgIpc) is 2.76. The summed E-state index contributed by atoms with van der Waals surface area (Å²) in [7, 11) is 0. The summed E-state index contributed by atoms with van der Waals surface area (Å²) >= 11 is 3.43. The Kier molecular flexibility index (Phi) is 7.21. The fourth-order valence-electron chi connectivity index (χ4n) is 2.68. The minimum atomic E-state index is -0.426. The van der Waals surface area contributed by atoms with Crippen molar-refractivity contribution < 1.29 is 9.53 Å². The molecule has 0 aliphatic carbocycles. The van der Waals surface area contributed by atoms with Crippen molar-refractivity contribution in [3.8, 4) is 11.8 Å². The van der Waals surface area contributed by atoms with E-state index in [0.29, 0.717) is 24.5 Å². The minimum absolute atomic E-state index is 0.0172. The van der Waals surface area contributed by atoms with E-state index in [2.05, 4.69) is 21.2 Å². The highest BCUT2D eigenvalue weighted by atomic mass is 79.9. The Morgan fingerprint density at radius 3 is 2.31 bits per heavy atom. The molecular weight excluding hydrogens is 428 g/mol. The number of rotatable bonds is 7. The highest BCUT2D eigenvalue weighted by molar-refractivity contribution is 9.10. The molecular formula is C24H19BrN2O2. The summed E-state index contributed by atoms with van der Waals surface area (Å²) in [5.74, 6) is 0.172. The number of ether oxygens (including phenoxy) is 1. The normalized spacial score (nSPS) is 10.8. The average molecular weight is 447 g/mol. The number of nitrogens with zero attached hydrogens (tertiary/aromatic N) is 1. The number of carbonyl (C=O) groups is 1. The van der Waals surface area contributed by atoms with E-state index >= 15 is 0 Å². The van der Waals surface area contributed by atoms with Gasteiger partial charge in [0.1, 0.15) is 24.0 Å². The summed E-state index contributed by atoms with van der Waals surface area (Å²) in [5, 5.41) is 12.3. The van der Waals surface area contributed by atoms with Crippen molar-refractivity contribution in [1.29, 1.82) is 5.26 Å². The summed E-state index contributed by atoms with van der Waals surface area (Å²) in [4.78, 5) is 12.5. The highest BCUT2D eigenvalue weighted by Gasteiger charge is 2.11. The van der Waals surface area contributed by atoms with E-state index in [9.17, 15) is 10.1 Å². The summed E-state index contributed by atoms with van der Waals surface area (Å²) < 4.78 is 6.76. The Morgan fingerprint density at radius 1 is 1.00 bits per heavy atom. The first-order chi connectivity index (χ1) is 14.2. The van der Waals surface area contributed by atoms with Crippen molar-refractivity contribution in [2.75, 3.05) is 0 Å². The monoisotopic (exact) mass is 446 g/mol. The number of nitriles is 1. The zero-order valence-corrected chi connectivity index (χ0v) is 17.2. The molecule has 0 radical (unpaired) electrons. The number of nitrogens with one attached hydrogen (secondary N) is 1. The van der Waals surface area contributed by atoms with Crippen LogP contribution in [0.3, 0.4) is 0 Å². The van der Waals surface area contributed by atoms with Gasteiger partial charge >= 0.3 is 0 Å². The van der Waals surface area contributed by atoms with E-state index in [0.717, 1.165) is 15.6 Å². The van der Waals surface area contributed by atoms with Crippen LogP contribution in [0.15, 0.2) is 88.9 Å². The molecule has 0 unspecified atom stereocenters. The van der Waals surface area contributed by atoms with Gasteiger partial charge in [-0.2, -0.15) is 5.26 Å². The van der Waals surface area contributed by atoms with E-state index < -0.39 is 5.91 Å². The lowest BCUT2D eigenvalue weighted by Gasteiger charge is -2.11. The Hall–Kier alpha value is -3.36. The third-order valence-electron chi connectivity index (χ3n) is 4.17. The molecule has 0 saturated carbocycles. The van der Waals surface area contributed by atoms with Gasteiger partial charge in [0.05, 0.1) is 0 Å². The second-order valence-corrected chi connectivity index (χ2v) is 7.21. The number of hydrogen-bond acceptors (Lipinski definition) is 3. The molecule has 0 atom stereocenters. The van der Waals surface area contributed by atoms with Crippen LogP contribution >= 0.6 is 15.9 Å². The third kappa shape index (κ3) is 6.06. The van der Waals surface area contributed by atoms with Crippen LogP contribution < -0.4 is 10.1 Å². The Balaban J connectivity index is 1.76. The zero-order valence-electron chi connectivity index (χ0n) is 15.6. The maximum absolute atomic E-state index is 12.5. The van der Waals surface area contributed by atoms with Crippen molar-refractivity contribution in [2.45, 2.75) is 13.2 Å². The van der Waals surface area contributed by atoms with E-state index in [4.69, 9.17) is 4.74 Å². The summed E-state index contributed by atoms with van der Waals surface area (Å²) in [6.07, 6.45) is 1.55. The molecule has 29 heavy (non-hydrogen) atoms. The molecule has 3 aromatic rings. The van der Waals surface area contributed by atoms with Gasteiger partial charge in [-0.15, -0.1) is 0 Å².